The molecule has 0 aromatic carbocycles. The van der Waals surface area contributed by atoms with Gasteiger partial charge in [-0.05, 0) is 39.0 Å². The number of carboxylic acids is 1. The van der Waals surface area contributed by atoms with Gasteiger partial charge in [-0.3, -0.25) is 4.79 Å². The van der Waals surface area contributed by atoms with Gasteiger partial charge in [0.25, 0.3) is 0 Å². The van der Waals surface area contributed by atoms with E-state index in [2.05, 4.69) is 19.2 Å². The van der Waals surface area contributed by atoms with Crippen LogP contribution < -0.4 is 5.32 Å². The van der Waals surface area contributed by atoms with E-state index in [1.54, 1.807) is 0 Å². The molecule has 0 aromatic heterocycles. The fraction of sp³-hybridized carbons (Fsp3) is 0.857. The molecule has 2 N–H and O–H groups in total. The third kappa shape index (κ3) is 4.40. The third-order valence-electron chi connectivity index (χ3n) is 3.94. The fourth-order valence-electron chi connectivity index (χ4n) is 2.70. The molecule has 5 heteroatoms. The summed E-state index contributed by atoms with van der Waals surface area (Å²) in [6.07, 6.45) is 3.15. The first-order valence-electron chi connectivity index (χ1n) is 7.13. The summed E-state index contributed by atoms with van der Waals surface area (Å²) in [4.78, 5) is 25.0. The van der Waals surface area contributed by atoms with Crippen LogP contribution in [0.1, 0.15) is 53.4 Å². The average molecular weight is 270 g/mol. The van der Waals surface area contributed by atoms with Crippen molar-refractivity contribution >= 4 is 12.0 Å². The van der Waals surface area contributed by atoms with Crippen molar-refractivity contribution in [1.82, 2.24) is 10.2 Å². The van der Waals surface area contributed by atoms with Crippen molar-refractivity contribution in [2.24, 2.45) is 5.92 Å². The zero-order chi connectivity index (χ0) is 14.6. The minimum absolute atomic E-state index is 0.0278. The lowest BCUT2D eigenvalue weighted by molar-refractivity contribution is -0.137. The standard InChI is InChI=1S/C14H26N2O3/c1-9(2)12(8-13(17)18)15-14(19)16-10(3)6-5-7-11(16)4/h9-12H,5-8H2,1-4H3,(H,15,19)(H,17,18). The Balaban J connectivity index is 2.67. The molecule has 3 unspecified atom stereocenters. The summed E-state index contributed by atoms with van der Waals surface area (Å²) in [5.74, 6) is -0.769. The second kappa shape index (κ2) is 6.78. The lowest BCUT2D eigenvalue weighted by Crippen LogP contribution is -2.55. The number of hydrogen-bond donors (Lipinski definition) is 2. The molecule has 1 aliphatic heterocycles. The normalized spacial score (nSPS) is 25.2. The van der Waals surface area contributed by atoms with E-state index in [9.17, 15) is 9.59 Å². The maximum absolute atomic E-state index is 12.3. The van der Waals surface area contributed by atoms with Crippen LogP contribution >= 0.6 is 0 Å². The van der Waals surface area contributed by atoms with Gasteiger partial charge in [-0.25, -0.2) is 4.79 Å². The minimum atomic E-state index is -0.876. The third-order valence-corrected chi connectivity index (χ3v) is 3.94. The molecular weight excluding hydrogens is 244 g/mol. The van der Waals surface area contributed by atoms with Crippen LogP contribution in [0.15, 0.2) is 0 Å². The van der Waals surface area contributed by atoms with Gasteiger partial charge in [0.2, 0.25) is 0 Å². The summed E-state index contributed by atoms with van der Waals surface area (Å²) < 4.78 is 0. The van der Waals surface area contributed by atoms with Gasteiger partial charge in [-0.1, -0.05) is 13.8 Å². The van der Waals surface area contributed by atoms with Crippen LogP contribution in [0.4, 0.5) is 4.79 Å². The van der Waals surface area contributed by atoms with Gasteiger partial charge in [0, 0.05) is 18.1 Å². The van der Waals surface area contributed by atoms with E-state index in [1.807, 2.05) is 18.7 Å². The van der Waals surface area contributed by atoms with Gasteiger partial charge in [0.15, 0.2) is 0 Å². The van der Waals surface area contributed by atoms with Gasteiger partial charge < -0.3 is 15.3 Å². The number of piperidine rings is 1. The predicted octanol–water partition coefficient (Wildman–Crippen LogP) is 2.46. The van der Waals surface area contributed by atoms with Crippen LogP contribution in [0.25, 0.3) is 0 Å². The van der Waals surface area contributed by atoms with Crippen LogP contribution in [-0.4, -0.2) is 40.1 Å². The highest BCUT2D eigenvalue weighted by Gasteiger charge is 2.31. The van der Waals surface area contributed by atoms with E-state index in [0.717, 1.165) is 19.3 Å². The quantitative estimate of drug-likeness (QED) is 0.824. The first kappa shape index (κ1) is 15.8. The lowest BCUT2D eigenvalue weighted by Gasteiger charge is -2.40. The van der Waals surface area contributed by atoms with E-state index in [1.165, 1.54) is 0 Å². The average Bonchev–Trinajstić information content (AvgIpc) is 2.27. The zero-order valence-electron chi connectivity index (χ0n) is 12.3. The van der Waals surface area contributed by atoms with Gasteiger partial charge in [0.05, 0.1) is 6.42 Å². The molecule has 19 heavy (non-hydrogen) atoms. The van der Waals surface area contributed by atoms with E-state index >= 15 is 0 Å². The molecule has 0 aliphatic carbocycles. The maximum Gasteiger partial charge on any atom is 0.318 e. The lowest BCUT2D eigenvalue weighted by atomic mass is 9.97. The van der Waals surface area contributed by atoms with E-state index in [0.29, 0.717) is 0 Å². The molecule has 2 amide bonds. The Bertz CT molecular complexity index is 321. The van der Waals surface area contributed by atoms with Crippen molar-refractivity contribution in [3.63, 3.8) is 0 Å². The van der Waals surface area contributed by atoms with E-state index in [-0.39, 0.29) is 36.5 Å². The number of nitrogens with one attached hydrogen (secondary N) is 1. The van der Waals surface area contributed by atoms with Crippen LogP contribution in [0.3, 0.4) is 0 Å². The van der Waals surface area contributed by atoms with Gasteiger partial charge in [0.1, 0.15) is 0 Å². The number of likely N-dealkylation sites (tertiary alicyclic amines) is 1. The molecule has 1 fully saturated rings. The second-order valence-corrected chi connectivity index (χ2v) is 5.93. The Morgan fingerprint density at radius 3 is 2.21 bits per heavy atom. The molecule has 5 nitrogen and oxygen atoms in total. The summed E-state index contributed by atoms with van der Waals surface area (Å²) in [6.45, 7) is 7.96. The first-order chi connectivity index (χ1) is 8.82. The molecule has 1 heterocycles. The Labute approximate surface area is 115 Å². The minimum Gasteiger partial charge on any atom is -0.481 e. The number of carboxylic acid groups (broad SMARTS) is 1. The first-order valence-corrected chi connectivity index (χ1v) is 7.13. The number of carbonyl (C=O) groups is 2. The highest BCUT2D eigenvalue weighted by Crippen LogP contribution is 2.22. The highest BCUT2D eigenvalue weighted by atomic mass is 16.4. The maximum atomic E-state index is 12.3. The topological polar surface area (TPSA) is 69.6 Å². The molecule has 110 valence electrons. The largest absolute Gasteiger partial charge is 0.481 e. The second-order valence-electron chi connectivity index (χ2n) is 5.93. The summed E-state index contributed by atoms with van der Waals surface area (Å²) in [7, 11) is 0. The molecule has 0 radical (unpaired) electrons. The van der Waals surface area contributed by atoms with Crippen molar-refractivity contribution in [3.8, 4) is 0 Å². The number of urea groups is 1. The van der Waals surface area contributed by atoms with Crippen LogP contribution in [0.2, 0.25) is 0 Å². The van der Waals surface area contributed by atoms with Crippen molar-refractivity contribution in [1.29, 1.82) is 0 Å². The number of aliphatic carboxylic acids is 1. The number of hydrogen-bond acceptors (Lipinski definition) is 2. The Hall–Kier alpha value is -1.26. The Morgan fingerprint density at radius 2 is 1.79 bits per heavy atom. The summed E-state index contributed by atoms with van der Waals surface area (Å²) in [5, 5.41) is 11.8. The van der Waals surface area contributed by atoms with Gasteiger partial charge >= 0.3 is 12.0 Å². The zero-order valence-corrected chi connectivity index (χ0v) is 12.3. The fourth-order valence-corrected chi connectivity index (χ4v) is 2.70. The molecule has 3 atom stereocenters. The van der Waals surface area contributed by atoms with E-state index in [4.69, 9.17) is 5.11 Å². The molecule has 0 aromatic rings. The van der Waals surface area contributed by atoms with E-state index < -0.39 is 5.97 Å². The van der Waals surface area contributed by atoms with Crippen molar-refractivity contribution in [2.75, 3.05) is 0 Å². The van der Waals surface area contributed by atoms with Crippen molar-refractivity contribution in [2.45, 2.75) is 71.5 Å². The SMILES string of the molecule is CC(C)C(CC(=O)O)NC(=O)N1C(C)CCCC1C. The molecular formula is C14H26N2O3. The Morgan fingerprint density at radius 1 is 1.26 bits per heavy atom. The van der Waals surface area contributed by atoms with Crippen LogP contribution in [0.5, 0.6) is 0 Å². The summed E-state index contributed by atoms with van der Waals surface area (Å²) in [6, 6.07) is 0.00811. The van der Waals surface area contributed by atoms with Crippen LogP contribution in [0, 0.1) is 5.92 Å². The molecule has 1 aliphatic rings. The number of amides is 2. The van der Waals surface area contributed by atoms with Crippen molar-refractivity contribution in [3.05, 3.63) is 0 Å². The number of nitrogens with zero attached hydrogens (tertiary/aromatic N) is 1. The molecule has 0 bridgehead atoms. The number of carbonyl (C=O) groups excluding carboxylic acids is 1. The number of rotatable bonds is 4. The highest BCUT2D eigenvalue weighted by molar-refractivity contribution is 5.76. The summed E-state index contributed by atoms with van der Waals surface area (Å²) in [5.41, 5.74) is 0. The smallest absolute Gasteiger partial charge is 0.318 e. The molecule has 0 spiro atoms. The predicted molar refractivity (Wildman–Crippen MR) is 74.0 cm³/mol. The van der Waals surface area contributed by atoms with Crippen molar-refractivity contribution < 1.29 is 14.7 Å². The van der Waals surface area contributed by atoms with Gasteiger partial charge in [-0.2, -0.15) is 0 Å². The monoisotopic (exact) mass is 270 g/mol. The molecule has 1 rings (SSSR count). The van der Waals surface area contributed by atoms with Crippen LogP contribution in [-0.2, 0) is 4.79 Å². The van der Waals surface area contributed by atoms with Gasteiger partial charge in [-0.15, -0.1) is 0 Å². The summed E-state index contributed by atoms with van der Waals surface area (Å²) >= 11 is 0. The molecule has 0 saturated carbocycles. The molecule has 1 saturated heterocycles. The Kier molecular flexibility index (Phi) is 5.63.